The van der Waals surface area contributed by atoms with E-state index in [1.54, 1.807) is 43.8 Å². The van der Waals surface area contributed by atoms with Gasteiger partial charge in [-0.25, -0.2) is 9.97 Å². The van der Waals surface area contributed by atoms with Crippen molar-refractivity contribution in [1.82, 2.24) is 9.97 Å². The van der Waals surface area contributed by atoms with Crippen LogP contribution in [-0.4, -0.2) is 23.0 Å². The van der Waals surface area contributed by atoms with Crippen molar-refractivity contribution in [3.8, 4) is 22.9 Å². The van der Waals surface area contributed by atoms with Crippen molar-refractivity contribution in [3.05, 3.63) is 36.7 Å². The van der Waals surface area contributed by atoms with E-state index in [4.69, 9.17) is 9.47 Å². The molecule has 0 amide bonds. The minimum Gasteiger partial charge on any atom is -0.496 e. The van der Waals surface area contributed by atoms with E-state index < -0.39 is 5.97 Å². The quantitative estimate of drug-likeness (QED) is 0.611. The number of methoxy groups -OCH3 is 1. The molecule has 92 valence electrons. The summed E-state index contributed by atoms with van der Waals surface area (Å²) in [7, 11) is 1.54. The van der Waals surface area contributed by atoms with E-state index in [0.29, 0.717) is 22.9 Å². The van der Waals surface area contributed by atoms with E-state index in [9.17, 15) is 4.79 Å². The van der Waals surface area contributed by atoms with E-state index >= 15 is 0 Å². The third-order valence-electron chi connectivity index (χ3n) is 2.25. The summed E-state index contributed by atoms with van der Waals surface area (Å²) < 4.78 is 10.4. The van der Waals surface area contributed by atoms with Crippen LogP contribution in [0.2, 0.25) is 0 Å². The molecule has 0 bridgehead atoms. The van der Waals surface area contributed by atoms with Crippen molar-refractivity contribution in [3.63, 3.8) is 0 Å². The Bertz CT molecular complexity index is 555. The first-order chi connectivity index (χ1) is 8.72. The van der Waals surface area contributed by atoms with Crippen LogP contribution in [-0.2, 0) is 4.79 Å². The number of hydrogen-bond donors (Lipinski definition) is 0. The first-order valence-electron chi connectivity index (χ1n) is 5.35. The summed E-state index contributed by atoms with van der Waals surface area (Å²) in [6.07, 6.45) is 3.23. The highest BCUT2D eigenvalue weighted by Crippen LogP contribution is 2.36. The number of carbonyl (C=O) groups is 1. The fourth-order valence-corrected chi connectivity index (χ4v) is 1.57. The summed E-state index contributed by atoms with van der Waals surface area (Å²) >= 11 is 0. The predicted octanol–water partition coefficient (Wildman–Crippen LogP) is 2.08. The van der Waals surface area contributed by atoms with Crippen LogP contribution in [0.5, 0.6) is 11.5 Å². The van der Waals surface area contributed by atoms with Crippen molar-refractivity contribution in [2.45, 2.75) is 6.92 Å². The zero-order valence-corrected chi connectivity index (χ0v) is 10.1. The second-order valence-electron chi connectivity index (χ2n) is 3.50. The highest BCUT2D eigenvalue weighted by Gasteiger charge is 2.16. The number of aromatic nitrogens is 2. The van der Waals surface area contributed by atoms with Crippen molar-refractivity contribution in [1.29, 1.82) is 0 Å². The Labute approximate surface area is 104 Å². The monoisotopic (exact) mass is 244 g/mol. The smallest absolute Gasteiger partial charge is 0.308 e. The van der Waals surface area contributed by atoms with Gasteiger partial charge in [0.1, 0.15) is 17.1 Å². The molecular weight excluding hydrogens is 232 g/mol. The molecule has 0 aliphatic heterocycles. The van der Waals surface area contributed by atoms with Gasteiger partial charge in [0, 0.05) is 19.3 Å². The van der Waals surface area contributed by atoms with E-state index in [2.05, 4.69) is 9.97 Å². The molecule has 0 saturated carbocycles. The SMILES string of the molecule is COc1cccc(OC(C)=O)c1-c1ncccn1. The maximum Gasteiger partial charge on any atom is 0.308 e. The van der Waals surface area contributed by atoms with Crippen molar-refractivity contribution in [2.24, 2.45) is 0 Å². The third-order valence-corrected chi connectivity index (χ3v) is 2.25. The van der Waals surface area contributed by atoms with Gasteiger partial charge >= 0.3 is 5.97 Å². The van der Waals surface area contributed by atoms with Gasteiger partial charge in [-0.15, -0.1) is 0 Å². The normalized spacial score (nSPS) is 9.89. The van der Waals surface area contributed by atoms with Crippen LogP contribution in [0.1, 0.15) is 6.92 Å². The minimum atomic E-state index is -0.402. The summed E-state index contributed by atoms with van der Waals surface area (Å²) in [5.74, 6) is 0.986. The van der Waals surface area contributed by atoms with Gasteiger partial charge in [-0.2, -0.15) is 0 Å². The van der Waals surface area contributed by atoms with Crippen molar-refractivity contribution < 1.29 is 14.3 Å². The van der Waals surface area contributed by atoms with E-state index in [1.165, 1.54) is 6.92 Å². The summed E-state index contributed by atoms with van der Waals surface area (Å²) in [4.78, 5) is 19.4. The standard InChI is InChI=1S/C13H12N2O3/c1-9(16)18-11-6-3-5-10(17-2)12(11)13-14-7-4-8-15-13/h3-8H,1-2H3. The first kappa shape index (κ1) is 12.0. The Kier molecular flexibility index (Phi) is 3.52. The average molecular weight is 244 g/mol. The molecule has 0 atom stereocenters. The minimum absolute atomic E-state index is 0.382. The van der Waals surface area contributed by atoms with E-state index in [0.717, 1.165) is 0 Å². The number of hydrogen-bond acceptors (Lipinski definition) is 5. The van der Waals surface area contributed by atoms with Crippen LogP contribution in [0.4, 0.5) is 0 Å². The van der Waals surface area contributed by atoms with Gasteiger partial charge in [0.15, 0.2) is 5.82 Å². The lowest BCUT2D eigenvalue weighted by molar-refractivity contribution is -0.131. The molecule has 2 rings (SSSR count). The molecule has 0 fully saturated rings. The maximum atomic E-state index is 11.1. The zero-order valence-electron chi connectivity index (χ0n) is 10.1. The van der Waals surface area contributed by atoms with Gasteiger partial charge in [0.2, 0.25) is 0 Å². The molecule has 0 radical (unpaired) electrons. The predicted molar refractivity (Wildman–Crippen MR) is 65.3 cm³/mol. The van der Waals surface area contributed by atoms with Crippen molar-refractivity contribution in [2.75, 3.05) is 7.11 Å². The van der Waals surface area contributed by atoms with Gasteiger partial charge in [-0.05, 0) is 18.2 Å². The lowest BCUT2D eigenvalue weighted by Gasteiger charge is -2.11. The fourth-order valence-electron chi connectivity index (χ4n) is 1.57. The number of ether oxygens (including phenoxy) is 2. The highest BCUT2D eigenvalue weighted by molar-refractivity contribution is 5.77. The largest absolute Gasteiger partial charge is 0.496 e. The van der Waals surface area contributed by atoms with Crippen LogP contribution in [0.15, 0.2) is 36.7 Å². The molecule has 18 heavy (non-hydrogen) atoms. The van der Waals surface area contributed by atoms with Crippen LogP contribution in [0, 0.1) is 0 Å². The molecule has 0 saturated heterocycles. The molecule has 0 aliphatic rings. The van der Waals surface area contributed by atoms with Crippen LogP contribution in [0.25, 0.3) is 11.4 Å². The Morgan fingerprint density at radius 3 is 2.39 bits per heavy atom. The Balaban J connectivity index is 2.58. The van der Waals surface area contributed by atoms with E-state index in [1.807, 2.05) is 0 Å². The number of benzene rings is 1. The van der Waals surface area contributed by atoms with Gasteiger partial charge in [-0.3, -0.25) is 4.79 Å². The average Bonchev–Trinajstić information content (AvgIpc) is 2.38. The Morgan fingerprint density at radius 2 is 1.78 bits per heavy atom. The number of rotatable bonds is 3. The molecule has 2 aromatic rings. The Morgan fingerprint density at radius 1 is 1.11 bits per heavy atom. The third kappa shape index (κ3) is 2.45. The molecule has 0 N–H and O–H groups in total. The van der Waals surface area contributed by atoms with Gasteiger partial charge in [-0.1, -0.05) is 6.07 Å². The highest BCUT2D eigenvalue weighted by atomic mass is 16.5. The molecule has 1 aromatic carbocycles. The summed E-state index contributed by atoms with van der Waals surface area (Å²) in [6, 6.07) is 6.89. The maximum absolute atomic E-state index is 11.1. The Hall–Kier alpha value is -2.43. The molecule has 1 aromatic heterocycles. The number of carbonyl (C=O) groups excluding carboxylic acids is 1. The lowest BCUT2D eigenvalue weighted by Crippen LogP contribution is -2.04. The van der Waals surface area contributed by atoms with Crippen LogP contribution >= 0.6 is 0 Å². The van der Waals surface area contributed by atoms with Crippen LogP contribution in [0.3, 0.4) is 0 Å². The summed E-state index contributed by atoms with van der Waals surface area (Å²) in [5.41, 5.74) is 0.566. The summed E-state index contributed by atoms with van der Waals surface area (Å²) in [5, 5.41) is 0. The first-order valence-corrected chi connectivity index (χ1v) is 5.35. The summed E-state index contributed by atoms with van der Waals surface area (Å²) in [6.45, 7) is 1.34. The number of nitrogens with zero attached hydrogens (tertiary/aromatic N) is 2. The second-order valence-corrected chi connectivity index (χ2v) is 3.50. The molecule has 1 heterocycles. The molecular formula is C13H12N2O3. The van der Waals surface area contributed by atoms with Gasteiger partial charge in [0.05, 0.1) is 7.11 Å². The second kappa shape index (κ2) is 5.27. The fraction of sp³-hybridized carbons (Fsp3) is 0.154. The van der Waals surface area contributed by atoms with Gasteiger partial charge < -0.3 is 9.47 Å². The molecule has 0 aliphatic carbocycles. The topological polar surface area (TPSA) is 61.3 Å². The molecule has 0 spiro atoms. The lowest BCUT2D eigenvalue weighted by atomic mass is 10.1. The molecule has 0 unspecified atom stereocenters. The van der Waals surface area contributed by atoms with Crippen molar-refractivity contribution >= 4 is 5.97 Å². The van der Waals surface area contributed by atoms with Crippen LogP contribution < -0.4 is 9.47 Å². The molecule has 5 nitrogen and oxygen atoms in total. The number of esters is 1. The van der Waals surface area contributed by atoms with Gasteiger partial charge in [0.25, 0.3) is 0 Å². The zero-order chi connectivity index (χ0) is 13.0. The molecule has 5 heteroatoms. The van der Waals surface area contributed by atoms with E-state index in [-0.39, 0.29) is 0 Å².